The first-order valence-electron chi connectivity index (χ1n) is 5.39. The molecular formula is C14H18O. The van der Waals surface area contributed by atoms with E-state index in [0.29, 0.717) is 5.92 Å². The molecule has 0 saturated heterocycles. The molecular weight excluding hydrogens is 184 g/mol. The van der Waals surface area contributed by atoms with Crippen molar-refractivity contribution in [1.29, 1.82) is 0 Å². The summed E-state index contributed by atoms with van der Waals surface area (Å²) in [6.45, 7) is 2.18. The maximum absolute atomic E-state index is 5.40. The molecule has 0 amide bonds. The molecule has 0 saturated carbocycles. The van der Waals surface area contributed by atoms with Crippen LogP contribution in [0.25, 0.3) is 0 Å². The van der Waals surface area contributed by atoms with Crippen LogP contribution in [0.5, 0.6) is 5.75 Å². The van der Waals surface area contributed by atoms with E-state index in [1.165, 1.54) is 5.56 Å². The fourth-order valence-corrected chi connectivity index (χ4v) is 1.86. The van der Waals surface area contributed by atoms with Gasteiger partial charge in [-0.25, -0.2) is 0 Å². The van der Waals surface area contributed by atoms with Crippen LogP contribution in [0.1, 0.15) is 37.7 Å². The molecule has 0 aromatic heterocycles. The van der Waals surface area contributed by atoms with E-state index >= 15 is 0 Å². The molecule has 0 N–H and O–H groups in total. The number of rotatable bonds is 5. The van der Waals surface area contributed by atoms with Gasteiger partial charge in [0.2, 0.25) is 0 Å². The Labute approximate surface area is 92.5 Å². The van der Waals surface area contributed by atoms with Gasteiger partial charge in [0, 0.05) is 6.42 Å². The Morgan fingerprint density at radius 2 is 2.13 bits per heavy atom. The molecule has 0 aliphatic rings. The minimum atomic E-state index is 0.427. The molecule has 1 unspecified atom stereocenters. The highest BCUT2D eigenvalue weighted by Gasteiger charge is 2.13. The van der Waals surface area contributed by atoms with E-state index in [1.54, 1.807) is 7.11 Å². The molecule has 1 atom stereocenters. The van der Waals surface area contributed by atoms with Crippen LogP contribution in [-0.4, -0.2) is 7.11 Å². The maximum atomic E-state index is 5.40. The summed E-state index contributed by atoms with van der Waals surface area (Å²) in [5.74, 6) is 4.12. The topological polar surface area (TPSA) is 9.23 Å². The van der Waals surface area contributed by atoms with Crippen molar-refractivity contribution in [2.24, 2.45) is 0 Å². The average Bonchev–Trinajstić information content (AvgIpc) is 2.29. The van der Waals surface area contributed by atoms with Crippen molar-refractivity contribution in [1.82, 2.24) is 0 Å². The predicted octanol–water partition coefficient (Wildman–Crippen LogP) is 3.60. The van der Waals surface area contributed by atoms with Gasteiger partial charge in [-0.15, -0.1) is 12.3 Å². The molecule has 1 aromatic carbocycles. The summed E-state index contributed by atoms with van der Waals surface area (Å²) >= 11 is 0. The summed E-state index contributed by atoms with van der Waals surface area (Å²) < 4.78 is 5.35. The lowest BCUT2D eigenvalue weighted by Gasteiger charge is -2.16. The third-order valence-electron chi connectivity index (χ3n) is 2.58. The van der Waals surface area contributed by atoms with E-state index in [9.17, 15) is 0 Å². The summed E-state index contributed by atoms with van der Waals surface area (Å²) in [4.78, 5) is 0. The Morgan fingerprint density at radius 1 is 1.40 bits per heavy atom. The quantitative estimate of drug-likeness (QED) is 0.663. The number of hydrogen-bond donors (Lipinski definition) is 0. The Kier molecular flexibility index (Phi) is 4.77. The lowest BCUT2D eigenvalue weighted by Crippen LogP contribution is -2.00. The average molecular weight is 202 g/mol. The molecule has 0 bridgehead atoms. The monoisotopic (exact) mass is 202 g/mol. The zero-order valence-corrected chi connectivity index (χ0v) is 9.49. The number of ether oxygens (including phenoxy) is 1. The van der Waals surface area contributed by atoms with Crippen molar-refractivity contribution >= 4 is 0 Å². The first kappa shape index (κ1) is 11.7. The van der Waals surface area contributed by atoms with Crippen LogP contribution in [-0.2, 0) is 0 Å². The van der Waals surface area contributed by atoms with E-state index < -0.39 is 0 Å². The molecule has 0 aliphatic carbocycles. The zero-order chi connectivity index (χ0) is 11.1. The van der Waals surface area contributed by atoms with E-state index in [-0.39, 0.29) is 0 Å². The van der Waals surface area contributed by atoms with Gasteiger partial charge in [0.1, 0.15) is 5.75 Å². The standard InChI is InChI=1S/C14H18O/c1-4-8-12(9-5-2)13-10-6-7-11-14(13)15-3/h1,6-7,10-12H,5,8-9H2,2-3H3. The van der Waals surface area contributed by atoms with Gasteiger partial charge in [0.05, 0.1) is 7.11 Å². The molecule has 15 heavy (non-hydrogen) atoms. The van der Waals surface area contributed by atoms with Gasteiger partial charge in [-0.05, 0) is 24.0 Å². The fourth-order valence-electron chi connectivity index (χ4n) is 1.86. The van der Waals surface area contributed by atoms with Crippen LogP contribution in [0.15, 0.2) is 24.3 Å². The van der Waals surface area contributed by atoms with Crippen LogP contribution in [0, 0.1) is 12.3 Å². The lowest BCUT2D eigenvalue weighted by atomic mass is 9.91. The molecule has 0 spiro atoms. The van der Waals surface area contributed by atoms with Gasteiger partial charge >= 0.3 is 0 Å². The van der Waals surface area contributed by atoms with Crippen molar-refractivity contribution in [3.8, 4) is 18.1 Å². The lowest BCUT2D eigenvalue weighted by molar-refractivity contribution is 0.403. The summed E-state index contributed by atoms with van der Waals surface area (Å²) in [6, 6.07) is 8.13. The first-order chi connectivity index (χ1) is 7.33. The van der Waals surface area contributed by atoms with E-state index in [4.69, 9.17) is 11.2 Å². The van der Waals surface area contributed by atoms with Crippen LogP contribution < -0.4 is 4.74 Å². The number of benzene rings is 1. The number of methoxy groups -OCH3 is 1. The van der Waals surface area contributed by atoms with Crippen LogP contribution in [0.3, 0.4) is 0 Å². The second-order valence-electron chi connectivity index (χ2n) is 3.64. The van der Waals surface area contributed by atoms with Gasteiger partial charge in [0.25, 0.3) is 0 Å². The molecule has 0 fully saturated rings. The Morgan fingerprint density at radius 3 is 2.73 bits per heavy atom. The van der Waals surface area contributed by atoms with Crippen molar-refractivity contribution in [3.63, 3.8) is 0 Å². The van der Waals surface area contributed by atoms with Crippen LogP contribution in [0.4, 0.5) is 0 Å². The number of hydrogen-bond acceptors (Lipinski definition) is 1. The van der Waals surface area contributed by atoms with Gasteiger partial charge in [-0.3, -0.25) is 0 Å². The highest BCUT2D eigenvalue weighted by molar-refractivity contribution is 5.36. The zero-order valence-electron chi connectivity index (χ0n) is 9.49. The third-order valence-corrected chi connectivity index (χ3v) is 2.58. The molecule has 0 aliphatic heterocycles. The van der Waals surface area contributed by atoms with Crippen LogP contribution in [0.2, 0.25) is 0 Å². The van der Waals surface area contributed by atoms with Gasteiger partial charge in [0.15, 0.2) is 0 Å². The van der Waals surface area contributed by atoms with Gasteiger partial charge in [-0.1, -0.05) is 31.5 Å². The molecule has 0 radical (unpaired) electrons. The fraction of sp³-hybridized carbons (Fsp3) is 0.429. The maximum Gasteiger partial charge on any atom is 0.122 e. The second kappa shape index (κ2) is 6.14. The summed E-state index contributed by atoms with van der Waals surface area (Å²) in [6.07, 6.45) is 8.44. The van der Waals surface area contributed by atoms with Gasteiger partial charge in [-0.2, -0.15) is 0 Å². The summed E-state index contributed by atoms with van der Waals surface area (Å²) in [5, 5.41) is 0. The van der Waals surface area contributed by atoms with Gasteiger partial charge < -0.3 is 4.74 Å². The Balaban J connectivity index is 2.94. The molecule has 80 valence electrons. The number of para-hydroxylation sites is 1. The summed E-state index contributed by atoms with van der Waals surface area (Å²) in [5.41, 5.74) is 1.24. The normalized spacial score (nSPS) is 11.8. The van der Waals surface area contributed by atoms with Crippen molar-refractivity contribution in [2.75, 3.05) is 7.11 Å². The van der Waals surface area contributed by atoms with E-state index in [0.717, 1.165) is 25.0 Å². The molecule has 1 rings (SSSR count). The predicted molar refractivity (Wildman–Crippen MR) is 64.1 cm³/mol. The van der Waals surface area contributed by atoms with Crippen molar-refractivity contribution < 1.29 is 4.74 Å². The minimum absolute atomic E-state index is 0.427. The minimum Gasteiger partial charge on any atom is -0.496 e. The smallest absolute Gasteiger partial charge is 0.122 e. The molecule has 1 nitrogen and oxygen atoms in total. The van der Waals surface area contributed by atoms with E-state index in [2.05, 4.69) is 18.9 Å². The third kappa shape index (κ3) is 3.02. The second-order valence-corrected chi connectivity index (χ2v) is 3.64. The SMILES string of the molecule is C#CCC(CCC)c1ccccc1OC. The van der Waals surface area contributed by atoms with E-state index in [1.807, 2.05) is 18.2 Å². The Hall–Kier alpha value is -1.42. The molecule has 1 heteroatoms. The van der Waals surface area contributed by atoms with Crippen LogP contribution >= 0.6 is 0 Å². The first-order valence-corrected chi connectivity index (χ1v) is 5.39. The largest absolute Gasteiger partial charge is 0.496 e. The van der Waals surface area contributed by atoms with Crippen molar-refractivity contribution in [2.45, 2.75) is 32.1 Å². The highest BCUT2D eigenvalue weighted by Crippen LogP contribution is 2.31. The molecule has 0 heterocycles. The Bertz CT molecular complexity index is 335. The molecule has 1 aromatic rings. The highest BCUT2D eigenvalue weighted by atomic mass is 16.5. The summed E-state index contributed by atoms with van der Waals surface area (Å²) in [7, 11) is 1.71. The van der Waals surface area contributed by atoms with Crippen molar-refractivity contribution in [3.05, 3.63) is 29.8 Å². The number of terminal acetylenes is 1.